The minimum absolute atomic E-state index is 0.0876. The quantitative estimate of drug-likeness (QED) is 0.667. The third-order valence-corrected chi connectivity index (χ3v) is 6.36. The number of rotatable bonds is 6. The molecule has 29 heavy (non-hydrogen) atoms. The predicted octanol–water partition coefficient (Wildman–Crippen LogP) is 2.92. The summed E-state index contributed by atoms with van der Waals surface area (Å²) in [5.74, 6) is -1.54. The van der Waals surface area contributed by atoms with Gasteiger partial charge in [-0.15, -0.1) is 23.1 Å². The van der Waals surface area contributed by atoms with E-state index in [0.29, 0.717) is 5.69 Å². The van der Waals surface area contributed by atoms with Gasteiger partial charge in [0.1, 0.15) is 22.6 Å². The summed E-state index contributed by atoms with van der Waals surface area (Å²) in [4.78, 5) is 37.6. The number of nitrogens with one attached hydrogen (secondary N) is 1. The molecule has 3 N–H and O–H groups in total. The Morgan fingerprint density at radius 3 is 2.79 bits per heavy atom. The molecule has 2 heterocycles. The number of fused-ring (bicyclic) bond motifs is 1. The van der Waals surface area contributed by atoms with E-state index in [1.54, 1.807) is 13.0 Å². The van der Waals surface area contributed by atoms with Crippen LogP contribution in [0.1, 0.15) is 34.1 Å². The maximum atomic E-state index is 12.3. The Kier molecular flexibility index (Phi) is 6.41. The lowest BCUT2D eigenvalue weighted by atomic mass is 10.1. The van der Waals surface area contributed by atoms with Crippen LogP contribution in [0, 0.1) is 11.3 Å². The Labute approximate surface area is 175 Å². The number of thiophene rings is 1. The van der Waals surface area contributed by atoms with Crippen LogP contribution in [0.2, 0.25) is 0 Å². The zero-order valence-corrected chi connectivity index (χ0v) is 17.0. The van der Waals surface area contributed by atoms with Gasteiger partial charge in [-0.1, -0.05) is 12.1 Å². The molecule has 8 nitrogen and oxygen atoms in total. The van der Waals surface area contributed by atoms with Crippen molar-refractivity contribution in [2.24, 2.45) is 0 Å². The van der Waals surface area contributed by atoms with Crippen LogP contribution in [0.25, 0.3) is 0 Å². The number of para-hydroxylation sites is 1. The zero-order valence-electron chi connectivity index (χ0n) is 15.4. The summed E-state index contributed by atoms with van der Waals surface area (Å²) in [5, 5.41) is 11.6. The van der Waals surface area contributed by atoms with Crippen molar-refractivity contribution < 1.29 is 23.9 Å². The standard InChI is InChI=1S/C19H17N3O5S2/c1-2-26-19(25)16-11(10(8-20)17(21)29-16)9-27-15(23)7-14-18(24)22-12-5-3-4-6-13(12)28-14/h3-6,14H,2,7,9,21H2,1H3,(H,22,24)/t14-/m0/s1. The molecular formula is C19H17N3O5S2. The molecule has 0 unspecified atom stereocenters. The molecule has 3 rings (SSSR count). The van der Waals surface area contributed by atoms with E-state index in [1.165, 1.54) is 11.8 Å². The number of nitrogens with two attached hydrogens (primary N) is 1. The molecule has 1 atom stereocenters. The van der Waals surface area contributed by atoms with Crippen molar-refractivity contribution in [3.8, 4) is 6.07 Å². The third-order valence-electron chi connectivity index (χ3n) is 4.04. The molecule has 1 aromatic heterocycles. The number of carbonyl (C=O) groups is 3. The van der Waals surface area contributed by atoms with E-state index >= 15 is 0 Å². The molecule has 1 aliphatic heterocycles. The van der Waals surface area contributed by atoms with Crippen molar-refractivity contribution in [2.75, 3.05) is 17.7 Å². The molecule has 0 bridgehead atoms. The number of nitrogens with zero attached hydrogens (tertiary/aromatic N) is 1. The first-order valence-corrected chi connectivity index (χ1v) is 10.3. The second-order valence-corrected chi connectivity index (χ2v) is 8.23. The number of nitriles is 1. The smallest absolute Gasteiger partial charge is 0.348 e. The Hall–Kier alpha value is -3.03. The van der Waals surface area contributed by atoms with Crippen LogP contribution in [-0.4, -0.2) is 29.7 Å². The van der Waals surface area contributed by atoms with Gasteiger partial charge in [-0.3, -0.25) is 9.59 Å². The van der Waals surface area contributed by atoms with E-state index in [2.05, 4.69) is 5.32 Å². The topological polar surface area (TPSA) is 132 Å². The number of nitrogen functional groups attached to an aromatic ring is 1. The lowest BCUT2D eigenvalue weighted by Crippen LogP contribution is -2.31. The van der Waals surface area contributed by atoms with Crippen LogP contribution in [0.15, 0.2) is 29.2 Å². The molecule has 1 aromatic carbocycles. The number of amides is 1. The number of hydrogen-bond donors (Lipinski definition) is 2. The average Bonchev–Trinajstić information content (AvgIpc) is 3.02. The normalized spacial score (nSPS) is 15.0. The molecule has 1 aliphatic rings. The number of ether oxygens (including phenoxy) is 2. The van der Waals surface area contributed by atoms with Gasteiger partial charge in [0.2, 0.25) is 5.91 Å². The fourth-order valence-corrected chi connectivity index (χ4v) is 4.71. The minimum Gasteiger partial charge on any atom is -0.462 e. The van der Waals surface area contributed by atoms with E-state index in [9.17, 15) is 19.6 Å². The summed E-state index contributed by atoms with van der Waals surface area (Å²) in [5.41, 5.74) is 6.81. The molecule has 0 radical (unpaired) electrons. The van der Waals surface area contributed by atoms with Gasteiger partial charge in [-0.05, 0) is 19.1 Å². The van der Waals surface area contributed by atoms with Crippen LogP contribution in [0.5, 0.6) is 0 Å². The summed E-state index contributed by atoms with van der Waals surface area (Å²) in [6.45, 7) is 1.51. The van der Waals surface area contributed by atoms with E-state index in [1.807, 2.05) is 24.3 Å². The number of carbonyl (C=O) groups excluding carboxylic acids is 3. The maximum absolute atomic E-state index is 12.3. The molecular weight excluding hydrogens is 414 g/mol. The third kappa shape index (κ3) is 4.52. The molecule has 1 amide bonds. The molecule has 2 aromatic rings. The van der Waals surface area contributed by atoms with Crippen LogP contribution in [-0.2, 0) is 25.7 Å². The highest BCUT2D eigenvalue weighted by molar-refractivity contribution is 8.01. The van der Waals surface area contributed by atoms with Crippen LogP contribution >= 0.6 is 23.1 Å². The summed E-state index contributed by atoms with van der Waals surface area (Å²) < 4.78 is 10.2. The first-order valence-electron chi connectivity index (χ1n) is 8.65. The summed E-state index contributed by atoms with van der Waals surface area (Å²) >= 11 is 2.20. The van der Waals surface area contributed by atoms with Crippen LogP contribution in [0.3, 0.4) is 0 Å². The SMILES string of the molecule is CCOC(=O)c1sc(N)c(C#N)c1COC(=O)C[C@@H]1Sc2ccccc2NC1=O. The van der Waals surface area contributed by atoms with Crippen molar-refractivity contribution in [1.29, 1.82) is 5.26 Å². The molecule has 0 spiro atoms. The number of anilines is 2. The first-order chi connectivity index (χ1) is 13.9. The molecule has 150 valence electrons. The fraction of sp³-hybridized carbons (Fsp3) is 0.263. The molecule has 0 saturated carbocycles. The molecule has 0 aliphatic carbocycles. The van der Waals surface area contributed by atoms with Gasteiger partial charge in [-0.2, -0.15) is 5.26 Å². The maximum Gasteiger partial charge on any atom is 0.348 e. The number of benzene rings is 1. The average molecular weight is 431 g/mol. The van der Waals surface area contributed by atoms with Crippen molar-refractivity contribution in [3.63, 3.8) is 0 Å². The van der Waals surface area contributed by atoms with E-state index < -0.39 is 17.2 Å². The van der Waals surface area contributed by atoms with Crippen LogP contribution in [0.4, 0.5) is 10.7 Å². The highest BCUT2D eigenvalue weighted by Gasteiger charge is 2.30. The number of thioether (sulfide) groups is 1. The van der Waals surface area contributed by atoms with Crippen molar-refractivity contribution in [1.82, 2.24) is 0 Å². The van der Waals surface area contributed by atoms with Gasteiger partial charge in [0.15, 0.2) is 0 Å². The van der Waals surface area contributed by atoms with Crippen LogP contribution < -0.4 is 11.1 Å². The Balaban J connectivity index is 1.68. The zero-order chi connectivity index (χ0) is 21.0. The highest BCUT2D eigenvalue weighted by atomic mass is 32.2. The summed E-state index contributed by atoms with van der Waals surface area (Å²) in [6.07, 6.45) is -0.152. The second kappa shape index (κ2) is 8.98. The van der Waals surface area contributed by atoms with Gasteiger partial charge in [0.05, 0.1) is 29.5 Å². The highest BCUT2D eigenvalue weighted by Crippen LogP contribution is 2.37. The number of hydrogen-bond acceptors (Lipinski definition) is 9. The van der Waals surface area contributed by atoms with E-state index in [4.69, 9.17) is 15.2 Å². The van der Waals surface area contributed by atoms with Crippen molar-refractivity contribution >= 4 is 51.6 Å². The van der Waals surface area contributed by atoms with Crippen molar-refractivity contribution in [3.05, 3.63) is 40.3 Å². The van der Waals surface area contributed by atoms with E-state index in [-0.39, 0.29) is 46.5 Å². The van der Waals surface area contributed by atoms with Gasteiger partial charge in [0.25, 0.3) is 0 Å². The summed E-state index contributed by atoms with van der Waals surface area (Å²) in [6, 6.07) is 9.23. The molecule has 0 fully saturated rings. The van der Waals surface area contributed by atoms with Gasteiger partial charge >= 0.3 is 11.9 Å². The number of esters is 2. The fourth-order valence-electron chi connectivity index (χ4n) is 2.70. The lowest BCUT2D eigenvalue weighted by Gasteiger charge is -2.23. The molecule has 0 saturated heterocycles. The Morgan fingerprint density at radius 1 is 1.31 bits per heavy atom. The second-order valence-electron chi connectivity index (χ2n) is 5.94. The predicted molar refractivity (Wildman–Crippen MR) is 109 cm³/mol. The lowest BCUT2D eigenvalue weighted by molar-refractivity contribution is -0.145. The minimum atomic E-state index is -0.634. The van der Waals surface area contributed by atoms with Gasteiger partial charge in [0, 0.05) is 10.5 Å². The van der Waals surface area contributed by atoms with E-state index in [0.717, 1.165) is 16.2 Å². The monoisotopic (exact) mass is 431 g/mol. The van der Waals surface area contributed by atoms with Gasteiger partial charge < -0.3 is 20.5 Å². The summed E-state index contributed by atoms with van der Waals surface area (Å²) in [7, 11) is 0. The first kappa shape index (κ1) is 20.7. The molecule has 10 heteroatoms. The van der Waals surface area contributed by atoms with Crippen molar-refractivity contribution in [2.45, 2.75) is 30.1 Å². The Morgan fingerprint density at radius 2 is 2.07 bits per heavy atom. The largest absolute Gasteiger partial charge is 0.462 e. The Bertz CT molecular complexity index is 1010. The van der Waals surface area contributed by atoms with Gasteiger partial charge in [-0.25, -0.2) is 4.79 Å².